The fraction of sp³-hybridized carbons (Fsp3) is 0.278. The molecule has 0 aliphatic rings. The summed E-state index contributed by atoms with van der Waals surface area (Å²) in [6.45, 7) is 2.67. The summed E-state index contributed by atoms with van der Waals surface area (Å²) in [4.78, 5) is 18.7. The van der Waals surface area contributed by atoms with Crippen molar-refractivity contribution in [1.29, 1.82) is 0 Å². The van der Waals surface area contributed by atoms with Crippen LogP contribution in [-0.2, 0) is 6.42 Å². The molecule has 2 aromatic heterocycles. The lowest BCUT2D eigenvalue weighted by atomic mass is 10.1. The summed E-state index contributed by atoms with van der Waals surface area (Å²) in [7, 11) is 0. The number of rotatable bonds is 6. The number of nitrogens with one attached hydrogen (secondary N) is 1. The number of aliphatic hydroxyl groups excluding tert-OH is 1. The number of benzene rings is 1. The summed E-state index contributed by atoms with van der Waals surface area (Å²) in [6.07, 6.45) is 2.28. The molecule has 0 saturated carbocycles. The quantitative estimate of drug-likeness (QED) is 0.726. The smallest absolute Gasteiger partial charge is 0.255 e. The first-order valence-corrected chi connectivity index (χ1v) is 7.94. The van der Waals surface area contributed by atoms with Gasteiger partial charge in [0.25, 0.3) is 5.91 Å². The van der Waals surface area contributed by atoms with Gasteiger partial charge in [0.1, 0.15) is 0 Å². The molecule has 0 saturated heterocycles. The van der Waals surface area contributed by atoms with Gasteiger partial charge in [0.05, 0.1) is 12.2 Å². The Morgan fingerprint density at radius 1 is 1.25 bits per heavy atom. The number of aliphatic hydroxyl groups is 1. The van der Waals surface area contributed by atoms with Crippen molar-refractivity contribution >= 4 is 16.9 Å². The zero-order chi connectivity index (χ0) is 16.9. The minimum Gasteiger partial charge on any atom is -0.395 e. The van der Waals surface area contributed by atoms with Crippen LogP contribution in [0, 0.1) is 6.92 Å². The molecule has 24 heavy (non-hydrogen) atoms. The molecule has 0 radical (unpaired) electrons. The molecule has 0 unspecified atom stereocenters. The van der Waals surface area contributed by atoms with Crippen LogP contribution in [0.1, 0.15) is 21.6 Å². The molecular formula is C18H20N4O2. The molecule has 1 amide bonds. The maximum atomic E-state index is 12.8. The standard InChI is InChI=1S/C18H20N4O2/c1-13-16-11-15(12-19-17(16)21-20-13)18(24)22(9-10-23)8-7-14-5-3-2-4-6-14/h2-6,11-12,23H,7-10H2,1H3,(H,19,20,21). The Morgan fingerprint density at radius 3 is 2.79 bits per heavy atom. The van der Waals surface area contributed by atoms with Gasteiger partial charge in [-0.1, -0.05) is 30.3 Å². The molecule has 1 aromatic carbocycles. The highest BCUT2D eigenvalue weighted by Gasteiger charge is 2.17. The van der Waals surface area contributed by atoms with Gasteiger partial charge in [-0.2, -0.15) is 5.10 Å². The van der Waals surface area contributed by atoms with E-state index in [1.54, 1.807) is 11.0 Å². The van der Waals surface area contributed by atoms with Gasteiger partial charge < -0.3 is 10.0 Å². The average molecular weight is 324 g/mol. The molecule has 2 N–H and O–H groups in total. The lowest BCUT2D eigenvalue weighted by Crippen LogP contribution is -2.35. The van der Waals surface area contributed by atoms with E-state index < -0.39 is 0 Å². The second-order valence-corrected chi connectivity index (χ2v) is 5.70. The molecule has 3 rings (SSSR count). The Bertz CT molecular complexity index is 829. The molecule has 0 fully saturated rings. The first kappa shape index (κ1) is 16.1. The second-order valence-electron chi connectivity index (χ2n) is 5.70. The third kappa shape index (κ3) is 3.44. The number of carbonyl (C=O) groups excluding carboxylic acids is 1. The first-order valence-electron chi connectivity index (χ1n) is 7.94. The highest BCUT2D eigenvalue weighted by molar-refractivity contribution is 5.97. The monoisotopic (exact) mass is 324 g/mol. The fourth-order valence-corrected chi connectivity index (χ4v) is 2.66. The highest BCUT2D eigenvalue weighted by Crippen LogP contribution is 2.16. The van der Waals surface area contributed by atoms with Crippen LogP contribution in [0.4, 0.5) is 0 Å². The summed E-state index contributed by atoms with van der Waals surface area (Å²) < 4.78 is 0. The number of aromatic nitrogens is 3. The van der Waals surface area contributed by atoms with Crippen LogP contribution in [0.25, 0.3) is 11.0 Å². The zero-order valence-electron chi connectivity index (χ0n) is 13.6. The Hall–Kier alpha value is -2.73. The van der Waals surface area contributed by atoms with E-state index in [1.165, 1.54) is 6.20 Å². The minimum absolute atomic E-state index is 0.0685. The topological polar surface area (TPSA) is 82.1 Å². The van der Waals surface area contributed by atoms with E-state index in [1.807, 2.05) is 37.3 Å². The van der Waals surface area contributed by atoms with Crippen LogP contribution in [0.5, 0.6) is 0 Å². The van der Waals surface area contributed by atoms with Crippen molar-refractivity contribution in [3.05, 3.63) is 59.4 Å². The number of H-pyrrole nitrogens is 1. The summed E-state index contributed by atoms with van der Waals surface area (Å²) in [6, 6.07) is 11.8. The Labute approximate surface area is 140 Å². The molecule has 2 heterocycles. The van der Waals surface area contributed by atoms with Crippen molar-refractivity contribution in [3.63, 3.8) is 0 Å². The average Bonchev–Trinajstić information content (AvgIpc) is 2.99. The number of aryl methyl sites for hydroxylation is 1. The van der Waals surface area contributed by atoms with E-state index in [2.05, 4.69) is 15.2 Å². The van der Waals surface area contributed by atoms with Gasteiger partial charge >= 0.3 is 0 Å². The maximum absolute atomic E-state index is 12.8. The maximum Gasteiger partial charge on any atom is 0.255 e. The van der Waals surface area contributed by atoms with Gasteiger partial charge in [0.2, 0.25) is 0 Å². The molecule has 6 nitrogen and oxygen atoms in total. The van der Waals surface area contributed by atoms with Crippen LogP contribution in [0.3, 0.4) is 0 Å². The third-order valence-corrected chi connectivity index (χ3v) is 4.02. The van der Waals surface area contributed by atoms with Gasteiger partial charge in [-0.3, -0.25) is 9.89 Å². The van der Waals surface area contributed by atoms with E-state index in [9.17, 15) is 9.90 Å². The SMILES string of the molecule is Cc1[nH]nc2ncc(C(=O)N(CCO)CCc3ccccc3)cc12. The number of fused-ring (bicyclic) bond motifs is 1. The van der Waals surface area contributed by atoms with Crippen molar-refractivity contribution in [2.75, 3.05) is 19.7 Å². The molecule has 3 aromatic rings. The van der Waals surface area contributed by atoms with E-state index >= 15 is 0 Å². The van der Waals surface area contributed by atoms with Crippen LogP contribution in [-0.4, -0.2) is 50.8 Å². The molecule has 0 aliphatic carbocycles. The summed E-state index contributed by atoms with van der Waals surface area (Å²) in [5.74, 6) is -0.130. The Kier molecular flexibility index (Phi) is 4.86. The summed E-state index contributed by atoms with van der Waals surface area (Å²) in [5.41, 5.74) is 3.15. The van der Waals surface area contributed by atoms with Crippen LogP contribution in [0.15, 0.2) is 42.6 Å². The lowest BCUT2D eigenvalue weighted by molar-refractivity contribution is 0.0724. The number of pyridine rings is 1. The van der Waals surface area contributed by atoms with Gasteiger partial charge in [-0.05, 0) is 25.0 Å². The normalized spacial score (nSPS) is 10.9. The largest absolute Gasteiger partial charge is 0.395 e. The van der Waals surface area contributed by atoms with Gasteiger partial charge in [0, 0.05) is 30.4 Å². The third-order valence-electron chi connectivity index (χ3n) is 4.02. The summed E-state index contributed by atoms with van der Waals surface area (Å²) in [5, 5.41) is 17.1. The molecule has 0 spiro atoms. The first-order chi connectivity index (χ1) is 11.7. The van der Waals surface area contributed by atoms with Crippen molar-refractivity contribution in [3.8, 4) is 0 Å². The number of aromatic amines is 1. The van der Waals surface area contributed by atoms with Crippen LogP contribution < -0.4 is 0 Å². The molecule has 0 bridgehead atoms. The van der Waals surface area contributed by atoms with Crippen LogP contribution >= 0.6 is 0 Å². The second kappa shape index (κ2) is 7.23. The van der Waals surface area contributed by atoms with E-state index in [4.69, 9.17) is 0 Å². The molecular weight excluding hydrogens is 304 g/mol. The van der Waals surface area contributed by atoms with Gasteiger partial charge in [0.15, 0.2) is 5.65 Å². The number of amides is 1. The lowest BCUT2D eigenvalue weighted by Gasteiger charge is -2.21. The van der Waals surface area contributed by atoms with E-state index in [0.29, 0.717) is 24.3 Å². The van der Waals surface area contributed by atoms with Crippen molar-refractivity contribution in [2.24, 2.45) is 0 Å². The molecule has 6 heteroatoms. The van der Waals surface area contributed by atoms with Crippen LogP contribution in [0.2, 0.25) is 0 Å². The van der Waals surface area contributed by atoms with Crippen molar-refractivity contribution < 1.29 is 9.90 Å². The number of carbonyl (C=O) groups is 1. The highest BCUT2D eigenvalue weighted by atomic mass is 16.3. The van der Waals surface area contributed by atoms with Crippen molar-refractivity contribution in [2.45, 2.75) is 13.3 Å². The minimum atomic E-state index is -0.130. The molecule has 0 atom stereocenters. The van der Waals surface area contributed by atoms with Crippen molar-refractivity contribution in [1.82, 2.24) is 20.1 Å². The predicted octanol–water partition coefficient (Wildman–Crippen LogP) is 1.94. The number of hydrogen-bond donors (Lipinski definition) is 2. The Balaban J connectivity index is 1.78. The Morgan fingerprint density at radius 2 is 2.04 bits per heavy atom. The zero-order valence-corrected chi connectivity index (χ0v) is 13.6. The van der Waals surface area contributed by atoms with E-state index in [-0.39, 0.29) is 12.5 Å². The fourth-order valence-electron chi connectivity index (χ4n) is 2.66. The van der Waals surface area contributed by atoms with E-state index in [0.717, 1.165) is 23.1 Å². The number of hydrogen-bond acceptors (Lipinski definition) is 4. The van der Waals surface area contributed by atoms with Gasteiger partial charge in [-0.15, -0.1) is 0 Å². The molecule has 0 aliphatic heterocycles. The van der Waals surface area contributed by atoms with Gasteiger partial charge in [-0.25, -0.2) is 4.98 Å². The number of nitrogens with zero attached hydrogens (tertiary/aromatic N) is 3. The summed E-state index contributed by atoms with van der Waals surface area (Å²) >= 11 is 0. The molecule has 124 valence electrons. The predicted molar refractivity (Wildman–Crippen MR) is 91.8 cm³/mol.